The van der Waals surface area contributed by atoms with Crippen LogP contribution < -0.4 is 5.32 Å². The molecule has 2 bridgehead atoms. The van der Waals surface area contributed by atoms with E-state index in [1.165, 1.54) is 35.7 Å². The van der Waals surface area contributed by atoms with E-state index in [1.54, 1.807) is 0 Å². The van der Waals surface area contributed by atoms with Gasteiger partial charge >= 0.3 is 0 Å². The molecule has 2 saturated carbocycles. The minimum Gasteiger partial charge on any atom is -0.352 e. The van der Waals surface area contributed by atoms with Gasteiger partial charge in [0.05, 0.1) is 11.4 Å². The highest BCUT2D eigenvalue weighted by Gasteiger charge is 2.61. The maximum absolute atomic E-state index is 12.8. The van der Waals surface area contributed by atoms with Gasteiger partial charge in [-0.25, -0.2) is 0 Å². The van der Waals surface area contributed by atoms with E-state index in [0.29, 0.717) is 11.2 Å². The molecule has 2 fully saturated rings. The Morgan fingerprint density at radius 3 is 2.66 bits per heavy atom. The van der Waals surface area contributed by atoms with Crippen molar-refractivity contribution in [2.24, 2.45) is 16.7 Å². The third kappa shape index (κ3) is 3.29. The Hall–Kier alpha value is -1.82. The first-order valence-electron chi connectivity index (χ1n) is 10.6. The predicted octanol–water partition coefficient (Wildman–Crippen LogP) is 4.62. The summed E-state index contributed by atoms with van der Waals surface area (Å²) in [7, 11) is 0. The van der Waals surface area contributed by atoms with Gasteiger partial charge in [-0.1, -0.05) is 44.7 Å². The summed E-state index contributed by atoms with van der Waals surface area (Å²) in [6, 6.07) is 6.65. The summed E-state index contributed by atoms with van der Waals surface area (Å²) in [5, 5.41) is 12.7. The molecule has 1 aromatic heterocycles. The van der Waals surface area contributed by atoms with Gasteiger partial charge in [0.1, 0.15) is 5.82 Å². The molecule has 1 N–H and O–H groups in total. The molecule has 156 valence electrons. The number of thioether (sulfide) groups is 1. The van der Waals surface area contributed by atoms with E-state index >= 15 is 0 Å². The second kappa shape index (κ2) is 7.15. The van der Waals surface area contributed by atoms with Crippen molar-refractivity contribution in [3.05, 3.63) is 35.2 Å². The first-order chi connectivity index (χ1) is 13.6. The Balaban J connectivity index is 1.46. The third-order valence-electron chi connectivity index (χ3n) is 7.86. The van der Waals surface area contributed by atoms with Crippen LogP contribution in [0.5, 0.6) is 0 Å². The Kier molecular flexibility index (Phi) is 5.04. The number of rotatable bonds is 5. The lowest BCUT2D eigenvalue weighted by Crippen LogP contribution is -2.47. The van der Waals surface area contributed by atoms with E-state index in [0.717, 1.165) is 29.0 Å². The fourth-order valence-corrected chi connectivity index (χ4v) is 6.26. The zero-order valence-corrected chi connectivity index (χ0v) is 19.2. The van der Waals surface area contributed by atoms with Crippen molar-refractivity contribution in [3.63, 3.8) is 0 Å². The monoisotopic (exact) mass is 412 g/mol. The summed E-state index contributed by atoms with van der Waals surface area (Å²) in [6.45, 7) is 13.2. The summed E-state index contributed by atoms with van der Waals surface area (Å²) in [5.74, 6) is 2.02. The molecular formula is C23H32N4OS. The van der Waals surface area contributed by atoms with Crippen LogP contribution in [0.25, 0.3) is 5.69 Å². The fourth-order valence-electron chi connectivity index (χ4n) is 5.46. The van der Waals surface area contributed by atoms with E-state index in [1.807, 2.05) is 6.92 Å². The topological polar surface area (TPSA) is 59.8 Å². The van der Waals surface area contributed by atoms with Gasteiger partial charge in [0.15, 0.2) is 5.16 Å². The van der Waals surface area contributed by atoms with Crippen LogP contribution in [0.3, 0.4) is 0 Å². The van der Waals surface area contributed by atoms with Crippen LogP contribution >= 0.6 is 11.8 Å². The van der Waals surface area contributed by atoms with Gasteiger partial charge in [0.2, 0.25) is 5.91 Å². The fraction of sp³-hybridized carbons (Fsp3) is 0.609. The maximum Gasteiger partial charge on any atom is 0.230 e. The molecule has 0 radical (unpaired) electrons. The van der Waals surface area contributed by atoms with Crippen molar-refractivity contribution >= 4 is 17.7 Å². The SMILES string of the molecule is Cc1ccc(C)c(-n2c(C)nnc2SCC(=O)NC2CC3CCC2(C)C3(C)C)c1. The smallest absolute Gasteiger partial charge is 0.230 e. The molecule has 2 aliphatic rings. The third-order valence-corrected chi connectivity index (χ3v) is 8.79. The maximum atomic E-state index is 12.8. The predicted molar refractivity (Wildman–Crippen MR) is 117 cm³/mol. The number of benzene rings is 1. The van der Waals surface area contributed by atoms with Crippen LogP contribution in [0.4, 0.5) is 0 Å². The molecule has 2 aliphatic carbocycles. The number of amides is 1. The number of fused-ring (bicyclic) bond motifs is 2. The van der Waals surface area contributed by atoms with Crippen LogP contribution in [0.15, 0.2) is 23.4 Å². The molecule has 1 heterocycles. The number of nitrogens with zero attached hydrogens (tertiary/aromatic N) is 3. The zero-order valence-electron chi connectivity index (χ0n) is 18.4. The Morgan fingerprint density at radius 2 is 2.00 bits per heavy atom. The number of hydrogen-bond acceptors (Lipinski definition) is 4. The Bertz CT molecular complexity index is 950. The van der Waals surface area contributed by atoms with E-state index in [2.05, 4.69) is 72.9 Å². The number of carbonyl (C=O) groups is 1. The van der Waals surface area contributed by atoms with Crippen LogP contribution in [0, 0.1) is 37.5 Å². The molecule has 6 heteroatoms. The molecule has 3 unspecified atom stereocenters. The van der Waals surface area contributed by atoms with Gasteiger partial charge in [-0.2, -0.15) is 0 Å². The van der Waals surface area contributed by atoms with Gasteiger partial charge in [-0.3, -0.25) is 9.36 Å². The highest BCUT2D eigenvalue weighted by atomic mass is 32.2. The van der Waals surface area contributed by atoms with Crippen molar-refractivity contribution in [1.29, 1.82) is 0 Å². The first kappa shape index (κ1) is 20.5. The quantitative estimate of drug-likeness (QED) is 0.728. The van der Waals surface area contributed by atoms with Crippen LogP contribution in [0.1, 0.15) is 57.0 Å². The molecule has 3 atom stereocenters. The van der Waals surface area contributed by atoms with Gasteiger partial charge < -0.3 is 5.32 Å². The summed E-state index contributed by atoms with van der Waals surface area (Å²) in [6.07, 6.45) is 3.61. The molecule has 1 amide bonds. The Morgan fingerprint density at radius 1 is 1.24 bits per heavy atom. The molecule has 1 aromatic carbocycles. The highest BCUT2D eigenvalue weighted by Crippen LogP contribution is 2.65. The van der Waals surface area contributed by atoms with Crippen LogP contribution in [0.2, 0.25) is 0 Å². The van der Waals surface area contributed by atoms with E-state index in [-0.39, 0.29) is 17.4 Å². The second-order valence-corrected chi connectivity index (χ2v) is 10.6. The summed E-state index contributed by atoms with van der Waals surface area (Å²) in [4.78, 5) is 12.8. The molecule has 29 heavy (non-hydrogen) atoms. The lowest BCUT2D eigenvalue weighted by molar-refractivity contribution is -0.120. The number of nitrogens with one attached hydrogen (secondary N) is 1. The van der Waals surface area contributed by atoms with Gasteiger partial charge in [0.25, 0.3) is 0 Å². The molecule has 0 spiro atoms. The second-order valence-electron chi connectivity index (χ2n) is 9.67. The zero-order chi connectivity index (χ0) is 21.0. The van der Waals surface area contributed by atoms with Crippen molar-refractivity contribution in [3.8, 4) is 5.69 Å². The van der Waals surface area contributed by atoms with Crippen molar-refractivity contribution in [2.75, 3.05) is 5.75 Å². The average Bonchev–Trinajstić information content (AvgIpc) is 3.19. The van der Waals surface area contributed by atoms with Crippen molar-refractivity contribution < 1.29 is 4.79 Å². The summed E-state index contributed by atoms with van der Waals surface area (Å²) in [5.41, 5.74) is 3.95. The van der Waals surface area contributed by atoms with Gasteiger partial charge in [-0.15, -0.1) is 10.2 Å². The molecular weight excluding hydrogens is 380 g/mol. The van der Waals surface area contributed by atoms with Gasteiger partial charge in [0, 0.05) is 6.04 Å². The Labute approximate surface area is 178 Å². The summed E-state index contributed by atoms with van der Waals surface area (Å²) < 4.78 is 2.06. The van der Waals surface area contributed by atoms with Crippen molar-refractivity contribution in [1.82, 2.24) is 20.1 Å². The average molecular weight is 413 g/mol. The largest absolute Gasteiger partial charge is 0.352 e. The van der Waals surface area contributed by atoms with E-state index in [9.17, 15) is 4.79 Å². The minimum atomic E-state index is 0.0951. The summed E-state index contributed by atoms with van der Waals surface area (Å²) >= 11 is 1.46. The lowest BCUT2D eigenvalue weighted by atomic mass is 9.69. The van der Waals surface area contributed by atoms with Crippen LogP contribution in [-0.4, -0.2) is 32.5 Å². The molecule has 4 rings (SSSR count). The molecule has 2 aromatic rings. The number of hydrogen-bond donors (Lipinski definition) is 1. The number of carbonyl (C=O) groups excluding carboxylic acids is 1. The lowest BCUT2D eigenvalue weighted by Gasteiger charge is -2.39. The normalized spacial score (nSPS) is 27.4. The van der Waals surface area contributed by atoms with Gasteiger partial charge in [-0.05, 0) is 74.0 Å². The van der Waals surface area contributed by atoms with Crippen molar-refractivity contribution in [2.45, 2.75) is 72.0 Å². The highest BCUT2D eigenvalue weighted by molar-refractivity contribution is 7.99. The number of aromatic nitrogens is 3. The van der Waals surface area contributed by atoms with E-state index in [4.69, 9.17) is 0 Å². The minimum absolute atomic E-state index is 0.0951. The molecule has 0 saturated heterocycles. The number of aryl methyl sites for hydroxylation is 3. The standard InChI is InChI=1S/C23H32N4OS/c1-14-7-8-15(2)18(11-14)27-16(3)25-26-21(27)29-13-20(28)24-19-12-17-9-10-23(19,6)22(17,4)5/h7-8,11,17,19H,9-10,12-13H2,1-6H3,(H,24,28). The first-order valence-corrected chi connectivity index (χ1v) is 11.5. The molecule has 0 aliphatic heterocycles. The van der Waals surface area contributed by atoms with E-state index < -0.39 is 0 Å². The molecule has 5 nitrogen and oxygen atoms in total. The van der Waals surface area contributed by atoms with Crippen LogP contribution in [-0.2, 0) is 4.79 Å².